The number of rotatable bonds is 4. The molecule has 0 bridgehead atoms. The van der Waals surface area contributed by atoms with E-state index < -0.39 is 0 Å². The summed E-state index contributed by atoms with van der Waals surface area (Å²) >= 11 is 1.53. The van der Waals surface area contributed by atoms with E-state index >= 15 is 0 Å². The molecule has 2 aromatic rings. The molecule has 0 heterocycles. The molecule has 0 saturated carbocycles. The Hall–Kier alpha value is -2.18. The first kappa shape index (κ1) is 15.2. The molecule has 0 atom stereocenters. The number of thioether (sulfide) groups is 1. The van der Waals surface area contributed by atoms with Crippen molar-refractivity contribution in [3.05, 3.63) is 65.7 Å². The lowest BCUT2D eigenvalue weighted by Crippen LogP contribution is -2.25. The second-order valence-electron chi connectivity index (χ2n) is 4.55. The zero-order chi connectivity index (χ0) is 14.9. The molecule has 0 radical (unpaired) electrons. The number of carbonyl (C=O) groups excluding carboxylic acids is 1. The van der Waals surface area contributed by atoms with E-state index in [4.69, 9.17) is 0 Å². The van der Waals surface area contributed by atoms with Crippen LogP contribution in [0, 0.1) is 18.8 Å². The zero-order valence-corrected chi connectivity index (χ0v) is 12.7. The van der Waals surface area contributed by atoms with Crippen LogP contribution in [0.3, 0.4) is 0 Å². The van der Waals surface area contributed by atoms with Crippen LogP contribution >= 0.6 is 11.8 Å². The highest BCUT2D eigenvalue weighted by Crippen LogP contribution is 2.17. The van der Waals surface area contributed by atoms with Crippen molar-refractivity contribution in [2.75, 3.05) is 12.3 Å². The Bertz CT molecular complexity index is 638. The van der Waals surface area contributed by atoms with Gasteiger partial charge in [0.25, 0.3) is 0 Å². The third-order valence-corrected chi connectivity index (χ3v) is 3.78. The highest BCUT2D eigenvalue weighted by molar-refractivity contribution is 8.00. The third-order valence-electron chi connectivity index (χ3n) is 2.77. The average molecular weight is 295 g/mol. The molecule has 3 heteroatoms. The van der Waals surface area contributed by atoms with Gasteiger partial charge in [-0.3, -0.25) is 4.79 Å². The van der Waals surface area contributed by atoms with Gasteiger partial charge in [-0.05, 0) is 31.2 Å². The second kappa shape index (κ2) is 8.18. The van der Waals surface area contributed by atoms with Gasteiger partial charge in [-0.15, -0.1) is 11.8 Å². The topological polar surface area (TPSA) is 29.1 Å². The molecule has 0 saturated heterocycles. The highest BCUT2D eigenvalue weighted by Gasteiger charge is 2.01. The molecule has 21 heavy (non-hydrogen) atoms. The van der Waals surface area contributed by atoms with Crippen molar-refractivity contribution in [2.45, 2.75) is 11.8 Å². The molecule has 0 fully saturated rings. The molecule has 1 amide bonds. The molecule has 106 valence electrons. The number of nitrogens with one attached hydrogen (secondary N) is 1. The molecule has 0 unspecified atom stereocenters. The molecule has 0 spiro atoms. The van der Waals surface area contributed by atoms with Crippen LogP contribution in [0.2, 0.25) is 0 Å². The minimum Gasteiger partial charge on any atom is -0.344 e. The van der Waals surface area contributed by atoms with E-state index in [1.54, 1.807) is 0 Å². The molecule has 0 aliphatic rings. The first-order valence-electron chi connectivity index (χ1n) is 6.74. The summed E-state index contributed by atoms with van der Waals surface area (Å²) in [6, 6.07) is 17.9. The summed E-state index contributed by atoms with van der Waals surface area (Å²) in [5, 5.41) is 2.80. The van der Waals surface area contributed by atoms with E-state index in [1.807, 2.05) is 61.5 Å². The fourth-order valence-corrected chi connectivity index (χ4v) is 2.37. The lowest BCUT2D eigenvalue weighted by Gasteiger charge is -2.02. The lowest BCUT2D eigenvalue weighted by atomic mass is 10.2. The van der Waals surface area contributed by atoms with Crippen molar-refractivity contribution >= 4 is 17.7 Å². The van der Waals surface area contributed by atoms with Crippen molar-refractivity contribution in [1.82, 2.24) is 5.32 Å². The van der Waals surface area contributed by atoms with E-state index in [1.165, 1.54) is 17.3 Å². The minimum atomic E-state index is 0.00272. The number of aryl methyl sites for hydroxylation is 1. The number of carbonyl (C=O) groups is 1. The largest absolute Gasteiger partial charge is 0.344 e. The molecule has 1 N–H and O–H groups in total. The second-order valence-corrected chi connectivity index (χ2v) is 5.60. The van der Waals surface area contributed by atoms with Crippen molar-refractivity contribution in [3.63, 3.8) is 0 Å². The predicted octanol–water partition coefficient (Wildman–Crippen LogP) is 3.26. The Labute approximate surface area is 130 Å². The van der Waals surface area contributed by atoms with Crippen molar-refractivity contribution < 1.29 is 4.79 Å². The van der Waals surface area contributed by atoms with Gasteiger partial charge in [0.1, 0.15) is 0 Å². The SMILES string of the molecule is Cc1ccc(SCC(=O)NCC#Cc2ccccc2)cc1. The number of amides is 1. The number of hydrogen-bond donors (Lipinski definition) is 1. The molecular weight excluding hydrogens is 278 g/mol. The van der Waals surface area contributed by atoms with Gasteiger partial charge in [0.15, 0.2) is 0 Å². The van der Waals surface area contributed by atoms with Gasteiger partial charge in [-0.25, -0.2) is 0 Å². The first-order chi connectivity index (χ1) is 10.2. The molecule has 0 aromatic heterocycles. The first-order valence-corrected chi connectivity index (χ1v) is 7.73. The molecular formula is C18H17NOS. The molecule has 2 nitrogen and oxygen atoms in total. The summed E-state index contributed by atoms with van der Waals surface area (Å²) in [5.41, 5.74) is 2.18. The van der Waals surface area contributed by atoms with Gasteiger partial charge in [0.05, 0.1) is 12.3 Å². The molecule has 0 aliphatic heterocycles. The van der Waals surface area contributed by atoms with E-state index in [-0.39, 0.29) is 5.91 Å². The van der Waals surface area contributed by atoms with Gasteiger partial charge in [0.2, 0.25) is 5.91 Å². The predicted molar refractivity (Wildman–Crippen MR) is 88.2 cm³/mol. The summed E-state index contributed by atoms with van der Waals surface area (Å²) in [6.45, 7) is 2.43. The maximum absolute atomic E-state index is 11.7. The minimum absolute atomic E-state index is 0.00272. The maximum Gasteiger partial charge on any atom is 0.231 e. The average Bonchev–Trinajstić information content (AvgIpc) is 2.52. The van der Waals surface area contributed by atoms with Gasteiger partial charge in [0, 0.05) is 10.5 Å². The van der Waals surface area contributed by atoms with Gasteiger partial charge in [-0.1, -0.05) is 47.7 Å². The number of hydrogen-bond acceptors (Lipinski definition) is 2. The van der Waals surface area contributed by atoms with Gasteiger partial charge in [-0.2, -0.15) is 0 Å². The van der Waals surface area contributed by atoms with Crippen LogP contribution in [0.25, 0.3) is 0 Å². The summed E-state index contributed by atoms with van der Waals surface area (Å²) in [4.78, 5) is 12.8. The highest BCUT2D eigenvalue weighted by atomic mass is 32.2. The van der Waals surface area contributed by atoms with E-state index in [0.717, 1.165) is 10.5 Å². The smallest absolute Gasteiger partial charge is 0.231 e. The maximum atomic E-state index is 11.7. The third kappa shape index (κ3) is 5.76. The Morgan fingerprint density at radius 1 is 1.10 bits per heavy atom. The van der Waals surface area contributed by atoms with Crippen LogP contribution in [0.4, 0.5) is 0 Å². The van der Waals surface area contributed by atoms with Crippen molar-refractivity contribution in [2.24, 2.45) is 0 Å². The fraction of sp³-hybridized carbons (Fsp3) is 0.167. The fourth-order valence-electron chi connectivity index (χ4n) is 1.64. The van der Waals surface area contributed by atoms with Crippen molar-refractivity contribution in [1.29, 1.82) is 0 Å². The van der Waals surface area contributed by atoms with Crippen LogP contribution in [0.15, 0.2) is 59.5 Å². The molecule has 2 aromatic carbocycles. The van der Waals surface area contributed by atoms with Gasteiger partial charge >= 0.3 is 0 Å². The zero-order valence-electron chi connectivity index (χ0n) is 11.9. The summed E-state index contributed by atoms with van der Waals surface area (Å²) in [6.07, 6.45) is 0. The van der Waals surface area contributed by atoms with E-state index in [2.05, 4.69) is 17.2 Å². The van der Waals surface area contributed by atoms with E-state index in [0.29, 0.717) is 12.3 Å². The summed E-state index contributed by atoms with van der Waals surface area (Å²) in [5.74, 6) is 6.37. The number of benzene rings is 2. The van der Waals surface area contributed by atoms with E-state index in [9.17, 15) is 4.79 Å². The Morgan fingerprint density at radius 3 is 2.52 bits per heavy atom. The standard InChI is InChI=1S/C18H17NOS/c1-15-9-11-17(12-10-15)21-14-18(20)19-13-5-8-16-6-3-2-4-7-16/h2-4,6-7,9-12H,13-14H2,1H3,(H,19,20). The van der Waals surface area contributed by atoms with Crippen LogP contribution in [-0.4, -0.2) is 18.2 Å². The van der Waals surface area contributed by atoms with Gasteiger partial charge < -0.3 is 5.32 Å². The quantitative estimate of drug-likeness (QED) is 0.693. The summed E-state index contributed by atoms with van der Waals surface area (Å²) in [7, 11) is 0. The summed E-state index contributed by atoms with van der Waals surface area (Å²) < 4.78 is 0. The van der Waals surface area contributed by atoms with Crippen molar-refractivity contribution in [3.8, 4) is 11.8 Å². The Morgan fingerprint density at radius 2 is 1.81 bits per heavy atom. The molecule has 2 rings (SSSR count). The normalized spacial score (nSPS) is 9.57. The molecule has 0 aliphatic carbocycles. The van der Waals surface area contributed by atoms with Crippen LogP contribution in [0.1, 0.15) is 11.1 Å². The van der Waals surface area contributed by atoms with Crippen LogP contribution < -0.4 is 5.32 Å². The Balaban J connectivity index is 1.71. The van der Waals surface area contributed by atoms with Crippen LogP contribution in [-0.2, 0) is 4.79 Å². The Kier molecular flexibility index (Phi) is 5.93. The lowest BCUT2D eigenvalue weighted by molar-refractivity contribution is -0.118. The van der Waals surface area contributed by atoms with Crippen LogP contribution in [0.5, 0.6) is 0 Å². The monoisotopic (exact) mass is 295 g/mol.